The summed E-state index contributed by atoms with van der Waals surface area (Å²) < 4.78 is 5.79. The Morgan fingerprint density at radius 1 is 0.815 bits per heavy atom. The fourth-order valence-corrected chi connectivity index (χ4v) is 3.50. The van der Waals surface area contributed by atoms with Crippen molar-refractivity contribution < 1.29 is 14.9 Å². The molecule has 0 aliphatic carbocycles. The lowest BCUT2D eigenvalue weighted by molar-refractivity contribution is 0.332. The van der Waals surface area contributed by atoms with Crippen molar-refractivity contribution in [3.05, 3.63) is 81.0 Å². The maximum Gasteiger partial charge on any atom is 0.171 e. The molecule has 132 valence electrons. The molecule has 0 radical (unpaired) electrons. The van der Waals surface area contributed by atoms with Crippen LogP contribution in [0.15, 0.2) is 71.2 Å². The highest BCUT2D eigenvalue weighted by Gasteiger charge is 2.12. The summed E-state index contributed by atoms with van der Waals surface area (Å²) in [5.41, 5.74) is 0.436. The maximum absolute atomic E-state index is 9.41. The largest absolute Gasteiger partial charge is 0.499 e. The van der Waals surface area contributed by atoms with Crippen molar-refractivity contribution in [3.8, 4) is 22.3 Å². The number of hydrogen-bond donors (Lipinski definition) is 2. The van der Waals surface area contributed by atoms with E-state index in [2.05, 4.69) is 0 Å². The average molecular weight is 392 g/mol. The van der Waals surface area contributed by atoms with Gasteiger partial charge in [0.2, 0.25) is 0 Å². The number of nitrogens with zero attached hydrogens (tertiary/aromatic N) is 2. The first-order valence-corrected chi connectivity index (χ1v) is 9.30. The third-order valence-corrected chi connectivity index (χ3v) is 5.10. The number of allylic oxidation sites excluding steroid dienone is 6. The standard InChI is InChI=1S/C20H12N2O3S2/c21-11-14(12-22)13-9-15(1-3-17-5-7-19(23)26-17)25-16(10-13)2-4-18-6-8-20(24)27-18/h1-10,23-24H/b3-1+,4-2+. The van der Waals surface area contributed by atoms with E-state index in [0.717, 1.165) is 9.75 Å². The molecular formula is C20H12N2O3S2. The van der Waals surface area contributed by atoms with Crippen molar-refractivity contribution in [2.75, 3.05) is 0 Å². The van der Waals surface area contributed by atoms with Crippen LogP contribution in [0.2, 0.25) is 0 Å². The monoisotopic (exact) mass is 392 g/mol. The van der Waals surface area contributed by atoms with Gasteiger partial charge in [-0.1, -0.05) is 22.7 Å². The molecule has 0 atom stereocenters. The van der Waals surface area contributed by atoms with Crippen LogP contribution in [0.3, 0.4) is 0 Å². The van der Waals surface area contributed by atoms with Gasteiger partial charge in [0, 0.05) is 15.3 Å². The number of nitriles is 2. The molecule has 0 saturated heterocycles. The second kappa shape index (κ2) is 8.24. The Bertz CT molecular complexity index is 1010. The molecule has 0 fully saturated rings. The normalized spacial score (nSPS) is 13.8. The van der Waals surface area contributed by atoms with Gasteiger partial charge in [-0.25, -0.2) is 0 Å². The molecule has 0 spiro atoms. The summed E-state index contributed by atoms with van der Waals surface area (Å²) in [6.45, 7) is 0. The zero-order chi connectivity index (χ0) is 19.2. The molecule has 2 N–H and O–H groups in total. The van der Waals surface area contributed by atoms with Crippen LogP contribution in [0.4, 0.5) is 0 Å². The van der Waals surface area contributed by atoms with Crippen LogP contribution >= 0.6 is 22.7 Å². The van der Waals surface area contributed by atoms with Gasteiger partial charge in [0.1, 0.15) is 29.2 Å². The van der Waals surface area contributed by atoms with Gasteiger partial charge >= 0.3 is 0 Å². The predicted molar refractivity (Wildman–Crippen MR) is 106 cm³/mol. The fourth-order valence-electron chi connectivity index (χ4n) is 2.20. The summed E-state index contributed by atoms with van der Waals surface area (Å²) in [7, 11) is 0. The molecule has 5 nitrogen and oxygen atoms in total. The lowest BCUT2D eigenvalue weighted by atomic mass is 10.1. The van der Waals surface area contributed by atoms with Crippen LogP contribution < -0.4 is 0 Å². The Labute approximate surface area is 163 Å². The SMILES string of the molecule is N#CC(C#N)=C1C=C(/C=C/c2ccc(O)s2)OC(/C=C/c2ccc(O)s2)=C1. The maximum atomic E-state index is 9.41. The zero-order valence-corrected chi connectivity index (χ0v) is 15.4. The molecule has 3 heterocycles. The summed E-state index contributed by atoms with van der Waals surface area (Å²) in [5, 5.41) is 37.6. The molecule has 0 aromatic carbocycles. The van der Waals surface area contributed by atoms with Gasteiger partial charge in [0.25, 0.3) is 0 Å². The molecule has 1 aliphatic rings. The minimum atomic E-state index is -0.0161. The Balaban J connectivity index is 1.90. The van der Waals surface area contributed by atoms with Crippen LogP contribution in [0.5, 0.6) is 10.1 Å². The fraction of sp³-hybridized carbons (Fsp3) is 0. The van der Waals surface area contributed by atoms with Gasteiger partial charge in [0.15, 0.2) is 10.1 Å². The van der Waals surface area contributed by atoms with Gasteiger partial charge in [-0.05, 0) is 60.7 Å². The van der Waals surface area contributed by atoms with E-state index >= 15 is 0 Å². The van der Waals surface area contributed by atoms with Gasteiger partial charge < -0.3 is 14.9 Å². The Morgan fingerprint density at radius 2 is 1.30 bits per heavy atom. The lowest BCUT2D eigenvalue weighted by Gasteiger charge is -2.13. The third kappa shape index (κ3) is 4.77. The Hall–Kier alpha value is -3.52. The molecule has 0 saturated carbocycles. The van der Waals surface area contributed by atoms with Crippen molar-refractivity contribution in [2.45, 2.75) is 0 Å². The van der Waals surface area contributed by atoms with Crippen LogP contribution in [0.25, 0.3) is 12.2 Å². The first-order valence-electron chi connectivity index (χ1n) is 7.67. The van der Waals surface area contributed by atoms with Gasteiger partial charge in [-0.3, -0.25) is 0 Å². The molecule has 27 heavy (non-hydrogen) atoms. The van der Waals surface area contributed by atoms with E-state index in [1.54, 1.807) is 60.7 Å². The summed E-state index contributed by atoms with van der Waals surface area (Å²) in [6, 6.07) is 10.5. The van der Waals surface area contributed by atoms with Gasteiger partial charge in [-0.2, -0.15) is 10.5 Å². The minimum Gasteiger partial charge on any atom is -0.499 e. The highest BCUT2D eigenvalue weighted by molar-refractivity contribution is 7.14. The molecule has 0 amide bonds. The van der Waals surface area contributed by atoms with E-state index in [-0.39, 0.29) is 15.7 Å². The quantitative estimate of drug-likeness (QED) is 0.707. The van der Waals surface area contributed by atoms with E-state index in [4.69, 9.17) is 15.3 Å². The lowest BCUT2D eigenvalue weighted by Crippen LogP contribution is -1.98. The topological polar surface area (TPSA) is 97.3 Å². The van der Waals surface area contributed by atoms with Gasteiger partial charge in [-0.15, -0.1) is 0 Å². The first kappa shape index (κ1) is 18.3. The van der Waals surface area contributed by atoms with Crippen LogP contribution in [0, 0.1) is 22.7 Å². The van der Waals surface area contributed by atoms with Crippen molar-refractivity contribution in [1.82, 2.24) is 0 Å². The molecule has 0 unspecified atom stereocenters. The smallest absolute Gasteiger partial charge is 0.171 e. The molecular weight excluding hydrogens is 380 g/mol. The second-order valence-electron chi connectivity index (χ2n) is 5.27. The van der Waals surface area contributed by atoms with E-state index in [1.807, 2.05) is 12.1 Å². The van der Waals surface area contributed by atoms with Crippen LogP contribution in [-0.2, 0) is 4.74 Å². The summed E-state index contributed by atoms with van der Waals surface area (Å²) in [4.78, 5) is 1.67. The van der Waals surface area contributed by atoms with Crippen molar-refractivity contribution in [3.63, 3.8) is 0 Å². The highest BCUT2D eigenvalue weighted by atomic mass is 32.1. The van der Waals surface area contributed by atoms with Crippen molar-refractivity contribution in [1.29, 1.82) is 10.5 Å². The Kier molecular flexibility index (Phi) is 5.58. The van der Waals surface area contributed by atoms with E-state index in [0.29, 0.717) is 17.1 Å². The van der Waals surface area contributed by atoms with Gasteiger partial charge in [0.05, 0.1) is 0 Å². The van der Waals surface area contributed by atoms with Crippen LogP contribution in [-0.4, -0.2) is 10.2 Å². The predicted octanol–water partition coefficient (Wildman–Crippen LogP) is 5.09. The van der Waals surface area contributed by atoms with E-state index in [9.17, 15) is 10.2 Å². The number of aromatic hydroxyl groups is 2. The van der Waals surface area contributed by atoms with Crippen LogP contribution in [0.1, 0.15) is 9.75 Å². The second-order valence-corrected chi connectivity index (χ2v) is 7.46. The first-order chi connectivity index (χ1) is 13.1. The number of rotatable bonds is 4. The highest BCUT2D eigenvalue weighted by Crippen LogP contribution is 2.28. The number of hydrogen-bond acceptors (Lipinski definition) is 7. The van der Waals surface area contributed by atoms with E-state index in [1.165, 1.54) is 22.7 Å². The molecule has 1 aliphatic heterocycles. The minimum absolute atomic E-state index is 0.0161. The third-order valence-electron chi connectivity index (χ3n) is 3.39. The molecule has 2 aromatic heterocycles. The molecule has 0 bridgehead atoms. The van der Waals surface area contributed by atoms with Crippen molar-refractivity contribution in [2.24, 2.45) is 0 Å². The average Bonchev–Trinajstić information content (AvgIpc) is 3.27. The van der Waals surface area contributed by atoms with Crippen molar-refractivity contribution >= 4 is 34.8 Å². The zero-order valence-electron chi connectivity index (χ0n) is 13.8. The summed E-state index contributed by atoms with van der Waals surface area (Å²) in [6.07, 6.45) is 10.2. The molecule has 3 rings (SSSR count). The summed E-state index contributed by atoms with van der Waals surface area (Å²) >= 11 is 2.44. The molecule has 7 heteroatoms. The number of thiophene rings is 2. The molecule has 2 aromatic rings. The van der Waals surface area contributed by atoms with E-state index < -0.39 is 0 Å². The Morgan fingerprint density at radius 3 is 1.67 bits per heavy atom. The summed E-state index contributed by atoms with van der Waals surface area (Å²) in [5.74, 6) is 0.911. The number of ether oxygens (including phenoxy) is 1.